The Kier molecular flexibility index (Phi) is 5.94. The summed E-state index contributed by atoms with van der Waals surface area (Å²) in [5.74, 6) is 0.173. The van der Waals surface area contributed by atoms with Crippen molar-refractivity contribution in [2.45, 2.75) is 37.6 Å². The van der Waals surface area contributed by atoms with Crippen LogP contribution in [0.15, 0.2) is 64.3 Å². The molecule has 2 aromatic carbocycles. The largest absolute Gasteiger partial charge is 0.454 e. The van der Waals surface area contributed by atoms with Gasteiger partial charge in [0.15, 0.2) is 17.5 Å². The van der Waals surface area contributed by atoms with Crippen LogP contribution in [0.3, 0.4) is 0 Å². The van der Waals surface area contributed by atoms with Crippen molar-refractivity contribution in [3.05, 3.63) is 81.8 Å². The molecule has 9 nitrogen and oxygen atoms in total. The molecule has 0 saturated heterocycles. The summed E-state index contributed by atoms with van der Waals surface area (Å²) in [6.45, 7) is 5.68. The Hall–Kier alpha value is -3.66. The number of aromatic nitrogens is 2. The van der Waals surface area contributed by atoms with Gasteiger partial charge in [-0.1, -0.05) is 32.0 Å². The van der Waals surface area contributed by atoms with Gasteiger partial charge in [-0.3, -0.25) is 9.59 Å². The fourth-order valence-corrected chi connectivity index (χ4v) is 4.46. The maximum absolute atomic E-state index is 13.3. The van der Waals surface area contributed by atoms with Crippen molar-refractivity contribution in [2.75, 3.05) is 6.79 Å². The molecular formula is C23H23N3O6S. The fraction of sp³-hybridized carbons (Fsp3) is 0.261. The number of benzene rings is 2. The van der Waals surface area contributed by atoms with Crippen LogP contribution in [0, 0.1) is 6.92 Å². The molecule has 1 aromatic heterocycles. The maximum atomic E-state index is 13.3. The quantitative estimate of drug-likeness (QED) is 0.589. The van der Waals surface area contributed by atoms with E-state index in [0.717, 1.165) is 10.2 Å². The highest BCUT2D eigenvalue weighted by molar-refractivity contribution is 7.90. The number of carbonyl (C=O) groups is 1. The number of nitrogens with zero attached hydrogens (tertiary/aromatic N) is 2. The number of hydrogen-bond donors (Lipinski definition) is 1. The van der Waals surface area contributed by atoms with E-state index in [9.17, 15) is 18.0 Å². The smallest absolute Gasteiger partial charge is 0.267 e. The van der Waals surface area contributed by atoms with Gasteiger partial charge in [0.25, 0.3) is 21.5 Å². The van der Waals surface area contributed by atoms with Gasteiger partial charge in [-0.15, -0.1) is 0 Å². The molecule has 2 heterocycles. The molecule has 1 aliphatic heterocycles. The number of aryl methyl sites for hydroxylation is 1. The van der Waals surface area contributed by atoms with E-state index in [-0.39, 0.29) is 17.6 Å². The van der Waals surface area contributed by atoms with Gasteiger partial charge in [0.1, 0.15) is 0 Å². The first-order chi connectivity index (χ1) is 15.7. The molecule has 33 heavy (non-hydrogen) atoms. The normalized spacial score (nSPS) is 13.7. The SMILES string of the molecule is Cc1ccc(=O)n([C@@H](C(=O)NS(=O)(=O)c2ccc(C(C)C)cc2)c2ccc3c(c2)OCO3)n1. The summed E-state index contributed by atoms with van der Waals surface area (Å²) in [6, 6.07) is 12.4. The van der Waals surface area contributed by atoms with Crippen molar-refractivity contribution >= 4 is 15.9 Å². The first-order valence-corrected chi connectivity index (χ1v) is 11.8. The van der Waals surface area contributed by atoms with Gasteiger partial charge in [-0.25, -0.2) is 17.8 Å². The average Bonchev–Trinajstić information content (AvgIpc) is 3.24. The Bertz CT molecular complexity index is 1360. The molecule has 172 valence electrons. The Balaban J connectivity index is 1.73. The first kappa shape index (κ1) is 22.5. The predicted molar refractivity (Wildman–Crippen MR) is 120 cm³/mol. The third-order valence-corrected chi connectivity index (χ3v) is 6.62. The molecule has 0 radical (unpaired) electrons. The summed E-state index contributed by atoms with van der Waals surface area (Å²) in [7, 11) is -4.20. The van der Waals surface area contributed by atoms with E-state index >= 15 is 0 Å². The van der Waals surface area contributed by atoms with E-state index in [4.69, 9.17) is 9.47 Å². The molecule has 0 fully saturated rings. The highest BCUT2D eigenvalue weighted by Gasteiger charge is 2.30. The van der Waals surface area contributed by atoms with Gasteiger partial charge in [-0.05, 0) is 54.3 Å². The molecule has 1 aliphatic rings. The van der Waals surface area contributed by atoms with Crippen LogP contribution >= 0.6 is 0 Å². The number of ether oxygens (including phenoxy) is 2. The molecule has 0 unspecified atom stereocenters. The molecule has 4 rings (SSSR count). The van der Waals surface area contributed by atoms with Crippen LogP contribution in [0.5, 0.6) is 11.5 Å². The lowest BCUT2D eigenvalue weighted by Crippen LogP contribution is -2.41. The summed E-state index contributed by atoms with van der Waals surface area (Å²) >= 11 is 0. The van der Waals surface area contributed by atoms with Crippen molar-refractivity contribution in [1.29, 1.82) is 0 Å². The van der Waals surface area contributed by atoms with Crippen LogP contribution in [-0.4, -0.2) is 30.9 Å². The summed E-state index contributed by atoms with van der Waals surface area (Å²) in [5.41, 5.74) is 1.22. The molecular weight excluding hydrogens is 446 g/mol. The first-order valence-electron chi connectivity index (χ1n) is 10.3. The summed E-state index contributed by atoms with van der Waals surface area (Å²) < 4.78 is 39.6. The minimum absolute atomic E-state index is 0.0268. The number of fused-ring (bicyclic) bond motifs is 1. The Morgan fingerprint density at radius 1 is 1.00 bits per heavy atom. The van der Waals surface area contributed by atoms with Crippen LogP contribution in [0.25, 0.3) is 0 Å². The topological polar surface area (TPSA) is 117 Å². The van der Waals surface area contributed by atoms with Gasteiger partial charge in [-0.2, -0.15) is 5.10 Å². The lowest BCUT2D eigenvalue weighted by Gasteiger charge is -2.19. The van der Waals surface area contributed by atoms with Gasteiger partial charge < -0.3 is 9.47 Å². The molecule has 0 bridgehead atoms. The second-order valence-electron chi connectivity index (χ2n) is 7.97. The van der Waals surface area contributed by atoms with Gasteiger partial charge >= 0.3 is 0 Å². The standard InChI is InChI=1S/C23H23N3O6S/c1-14(2)16-5-8-18(9-6-16)33(29,30)25-23(28)22(26-21(27)11-4-15(3)24-26)17-7-10-19-20(12-17)32-13-31-19/h4-12,14,22H,13H2,1-3H3,(H,25,28)/t22-/m1/s1. The number of hydrogen-bond acceptors (Lipinski definition) is 7. The van der Waals surface area contributed by atoms with Crippen molar-refractivity contribution in [2.24, 2.45) is 0 Å². The van der Waals surface area contributed by atoms with Crippen LogP contribution in [0.2, 0.25) is 0 Å². The second-order valence-corrected chi connectivity index (χ2v) is 9.65. The fourth-order valence-electron chi connectivity index (χ4n) is 3.47. The van der Waals surface area contributed by atoms with Gasteiger partial charge in [0.2, 0.25) is 6.79 Å². The lowest BCUT2D eigenvalue weighted by atomic mass is 10.0. The zero-order valence-electron chi connectivity index (χ0n) is 18.3. The van der Waals surface area contributed by atoms with Gasteiger partial charge in [0, 0.05) is 6.07 Å². The van der Waals surface area contributed by atoms with E-state index in [1.165, 1.54) is 30.3 Å². The zero-order valence-corrected chi connectivity index (χ0v) is 19.1. The third kappa shape index (κ3) is 4.61. The molecule has 3 aromatic rings. The number of carbonyl (C=O) groups excluding carboxylic acids is 1. The summed E-state index contributed by atoms with van der Waals surface area (Å²) in [5, 5.41) is 4.17. The third-order valence-electron chi connectivity index (χ3n) is 5.26. The number of nitrogens with one attached hydrogen (secondary N) is 1. The van der Waals surface area contributed by atoms with Crippen LogP contribution < -0.4 is 19.8 Å². The molecule has 1 N–H and O–H groups in total. The van der Waals surface area contributed by atoms with E-state index in [2.05, 4.69) is 9.82 Å². The predicted octanol–water partition coefficient (Wildman–Crippen LogP) is 2.50. The summed E-state index contributed by atoms with van der Waals surface area (Å²) in [4.78, 5) is 25.8. The van der Waals surface area contributed by atoms with E-state index in [0.29, 0.717) is 22.8 Å². The number of rotatable bonds is 6. The highest BCUT2D eigenvalue weighted by atomic mass is 32.2. The Morgan fingerprint density at radius 2 is 1.67 bits per heavy atom. The maximum Gasteiger partial charge on any atom is 0.267 e. The van der Waals surface area contributed by atoms with Gasteiger partial charge in [0.05, 0.1) is 10.6 Å². The van der Waals surface area contributed by atoms with Crippen molar-refractivity contribution in [3.63, 3.8) is 0 Å². The van der Waals surface area contributed by atoms with E-state index in [1.54, 1.807) is 31.2 Å². The molecule has 0 saturated carbocycles. The highest BCUT2D eigenvalue weighted by Crippen LogP contribution is 2.35. The molecule has 1 amide bonds. The van der Waals surface area contributed by atoms with E-state index in [1.807, 2.05) is 13.8 Å². The van der Waals surface area contributed by atoms with Crippen LogP contribution in [0.4, 0.5) is 0 Å². The zero-order chi connectivity index (χ0) is 23.8. The minimum Gasteiger partial charge on any atom is -0.454 e. The van der Waals surface area contributed by atoms with Crippen LogP contribution in [-0.2, 0) is 14.8 Å². The van der Waals surface area contributed by atoms with Crippen molar-refractivity contribution in [3.8, 4) is 11.5 Å². The molecule has 10 heteroatoms. The molecule has 0 spiro atoms. The monoisotopic (exact) mass is 469 g/mol. The van der Waals surface area contributed by atoms with Crippen molar-refractivity contribution in [1.82, 2.24) is 14.5 Å². The van der Waals surface area contributed by atoms with Crippen molar-refractivity contribution < 1.29 is 22.7 Å². The Morgan fingerprint density at radius 3 is 2.36 bits per heavy atom. The number of amides is 1. The average molecular weight is 470 g/mol. The minimum atomic E-state index is -4.20. The van der Waals surface area contributed by atoms with E-state index < -0.39 is 27.5 Å². The summed E-state index contributed by atoms with van der Waals surface area (Å²) in [6.07, 6.45) is 0. The molecule has 1 atom stereocenters. The lowest BCUT2D eigenvalue weighted by molar-refractivity contribution is -0.121. The van der Waals surface area contributed by atoms with Crippen LogP contribution in [0.1, 0.15) is 42.6 Å². The second kappa shape index (κ2) is 8.70. The Labute approximate surface area is 191 Å². The number of sulfonamides is 1. The molecule has 0 aliphatic carbocycles.